The number of carbonyl (C=O) groups excluding carboxylic acids is 1. The number of phenols is 1. The smallest absolute Gasteiger partial charge is 0.232 e. The van der Waals surface area contributed by atoms with Crippen molar-refractivity contribution in [3.05, 3.63) is 88.9 Å². The molecule has 4 nitrogen and oxygen atoms in total. The molecular weight excluding hydrogens is 416 g/mol. The Morgan fingerprint density at radius 1 is 1.03 bits per heavy atom. The number of aromatic nitrogens is 1. The number of nitrogens with zero attached hydrogens (tertiary/aromatic N) is 1. The van der Waals surface area contributed by atoms with E-state index in [1.54, 1.807) is 24.3 Å². The molecule has 3 aromatic carbocycles. The Balaban J connectivity index is 1.70. The first-order valence-corrected chi connectivity index (χ1v) is 10.8. The van der Waals surface area contributed by atoms with Gasteiger partial charge in [0, 0.05) is 10.9 Å². The lowest BCUT2D eigenvalue weighted by atomic mass is 9.70. The average Bonchev–Trinajstić information content (AvgIpc) is 3.10. The van der Waals surface area contributed by atoms with Crippen LogP contribution in [0.2, 0.25) is 5.02 Å². The summed E-state index contributed by atoms with van der Waals surface area (Å²) in [6.45, 7) is 3.82. The van der Waals surface area contributed by atoms with Crippen LogP contribution in [0.5, 0.6) is 5.75 Å². The summed E-state index contributed by atoms with van der Waals surface area (Å²) in [5.41, 5.74) is 1.85. The Bertz CT molecular complexity index is 1200. The van der Waals surface area contributed by atoms with E-state index in [0.29, 0.717) is 10.2 Å². The van der Waals surface area contributed by atoms with E-state index in [-0.39, 0.29) is 17.6 Å². The first-order chi connectivity index (χ1) is 14.3. The summed E-state index contributed by atoms with van der Waals surface area (Å²) in [7, 11) is 0. The van der Waals surface area contributed by atoms with Crippen molar-refractivity contribution in [3.8, 4) is 5.75 Å². The van der Waals surface area contributed by atoms with Crippen molar-refractivity contribution in [3.63, 3.8) is 0 Å². The van der Waals surface area contributed by atoms with Crippen molar-refractivity contribution < 1.29 is 9.90 Å². The first kappa shape index (κ1) is 20.4. The summed E-state index contributed by atoms with van der Waals surface area (Å²) in [6, 6.07) is 22.4. The van der Waals surface area contributed by atoms with E-state index in [4.69, 9.17) is 11.6 Å². The molecule has 30 heavy (non-hydrogen) atoms. The van der Waals surface area contributed by atoms with E-state index >= 15 is 0 Å². The maximum absolute atomic E-state index is 13.4. The van der Waals surface area contributed by atoms with Crippen molar-refractivity contribution in [1.29, 1.82) is 0 Å². The molecule has 0 spiro atoms. The summed E-state index contributed by atoms with van der Waals surface area (Å²) in [6.07, 6.45) is 0. The lowest BCUT2D eigenvalue weighted by molar-refractivity contribution is -0.124. The lowest BCUT2D eigenvalue weighted by Gasteiger charge is -2.33. The molecule has 1 heterocycles. The fourth-order valence-corrected chi connectivity index (χ4v) is 4.85. The van der Waals surface area contributed by atoms with Crippen molar-refractivity contribution in [2.75, 3.05) is 5.32 Å². The molecular formula is C24H21ClN2O2S. The number of hydrogen-bond acceptors (Lipinski definition) is 4. The molecule has 4 aromatic rings. The van der Waals surface area contributed by atoms with Gasteiger partial charge in [-0.05, 0) is 41.5 Å². The minimum absolute atomic E-state index is 0.148. The van der Waals surface area contributed by atoms with E-state index in [1.165, 1.54) is 11.3 Å². The van der Waals surface area contributed by atoms with Gasteiger partial charge in [0.2, 0.25) is 5.91 Å². The van der Waals surface area contributed by atoms with Crippen LogP contribution in [0.3, 0.4) is 0 Å². The fraction of sp³-hybridized carbons (Fsp3) is 0.167. The Labute approximate surface area is 184 Å². The average molecular weight is 437 g/mol. The van der Waals surface area contributed by atoms with Crippen LogP contribution in [-0.2, 0) is 4.79 Å². The normalized spacial score (nSPS) is 12.6. The SMILES string of the molecule is CC(C)(C(=O)Nc1nc2ccc(Cl)cc2s1)C(c1ccccc1)c1cccc(O)c1. The Hall–Kier alpha value is -2.89. The number of amides is 1. The van der Waals surface area contributed by atoms with Gasteiger partial charge >= 0.3 is 0 Å². The highest BCUT2D eigenvalue weighted by Crippen LogP contribution is 2.43. The second-order valence-electron chi connectivity index (χ2n) is 7.75. The molecule has 0 saturated carbocycles. The zero-order valence-electron chi connectivity index (χ0n) is 16.6. The van der Waals surface area contributed by atoms with Crippen molar-refractivity contribution >= 4 is 44.2 Å². The number of aromatic hydroxyl groups is 1. The Morgan fingerprint density at radius 3 is 2.50 bits per heavy atom. The molecule has 1 atom stereocenters. The summed E-state index contributed by atoms with van der Waals surface area (Å²) >= 11 is 7.46. The highest BCUT2D eigenvalue weighted by molar-refractivity contribution is 7.22. The van der Waals surface area contributed by atoms with Gasteiger partial charge in [-0.3, -0.25) is 4.79 Å². The number of nitrogens with one attached hydrogen (secondary N) is 1. The maximum atomic E-state index is 13.4. The van der Waals surface area contributed by atoms with Gasteiger partial charge in [-0.1, -0.05) is 79.2 Å². The third-order valence-electron chi connectivity index (χ3n) is 5.21. The van der Waals surface area contributed by atoms with Crippen LogP contribution in [0.15, 0.2) is 72.8 Å². The second-order valence-corrected chi connectivity index (χ2v) is 9.21. The maximum Gasteiger partial charge on any atom is 0.232 e. The highest BCUT2D eigenvalue weighted by Gasteiger charge is 2.39. The lowest BCUT2D eigenvalue weighted by Crippen LogP contribution is -2.37. The van der Waals surface area contributed by atoms with Crippen LogP contribution in [-0.4, -0.2) is 16.0 Å². The quantitative estimate of drug-likeness (QED) is 0.377. The molecule has 0 aliphatic carbocycles. The van der Waals surface area contributed by atoms with Gasteiger partial charge in [0.15, 0.2) is 5.13 Å². The number of rotatable bonds is 5. The molecule has 1 amide bonds. The third kappa shape index (κ3) is 4.04. The minimum Gasteiger partial charge on any atom is -0.508 e. The van der Waals surface area contributed by atoms with Gasteiger partial charge in [0.1, 0.15) is 5.75 Å². The number of halogens is 1. The standard InChI is InChI=1S/C24H21ClN2O2S/c1-24(2,22(29)27-23-26-19-12-11-17(25)14-20(19)30-23)21(15-7-4-3-5-8-15)16-9-6-10-18(28)13-16/h3-14,21,28H,1-2H3,(H,26,27,29). The molecule has 1 unspecified atom stereocenters. The van der Waals surface area contributed by atoms with Crippen LogP contribution in [0, 0.1) is 5.41 Å². The van der Waals surface area contributed by atoms with Crippen LogP contribution in [0.25, 0.3) is 10.2 Å². The van der Waals surface area contributed by atoms with Gasteiger partial charge in [0.05, 0.1) is 15.6 Å². The molecule has 0 aliphatic rings. The summed E-state index contributed by atoms with van der Waals surface area (Å²) in [4.78, 5) is 17.9. The minimum atomic E-state index is -0.815. The van der Waals surface area contributed by atoms with Crippen molar-refractivity contribution in [1.82, 2.24) is 4.98 Å². The second kappa shape index (κ2) is 8.09. The van der Waals surface area contributed by atoms with Gasteiger partial charge in [0.25, 0.3) is 0 Å². The predicted octanol–water partition coefficient (Wildman–Crippen LogP) is 6.45. The largest absolute Gasteiger partial charge is 0.508 e. The zero-order chi connectivity index (χ0) is 21.3. The highest BCUT2D eigenvalue weighted by atomic mass is 35.5. The molecule has 0 saturated heterocycles. The van der Waals surface area contributed by atoms with E-state index in [9.17, 15) is 9.90 Å². The number of phenolic OH excluding ortho intramolecular Hbond substituents is 1. The third-order valence-corrected chi connectivity index (χ3v) is 6.38. The van der Waals surface area contributed by atoms with Crippen LogP contribution >= 0.6 is 22.9 Å². The summed E-state index contributed by atoms with van der Waals surface area (Å²) < 4.78 is 0.920. The monoisotopic (exact) mass is 436 g/mol. The molecule has 152 valence electrons. The topological polar surface area (TPSA) is 62.2 Å². The molecule has 4 rings (SSSR count). The van der Waals surface area contributed by atoms with Gasteiger partial charge in [-0.25, -0.2) is 4.98 Å². The molecule has 6 heteroatoms. The van der Waals surface area contributed by atoms with Crippen LogP contribution < -0.4 is 5.32 Å². The number of thiazole rings is 1. The summed E-state index contributed by atoms with van der Waals surface area (Å²) in [5, 5.41) is 14.2. The zero-order valence-corrected chi connectivity index (χ0v) is 18.2. The number of carbonyl (C=O) groups is 1. The Morgan fingerprint density at radius 2 is 1.77 bits per heavy atom. The van der Waals surface area contributed by atoms with E-state index in [2.05, 4.69) is 10.3 Å². The van der Waals surface area contributed by atoms with Gasteiger partial charge in [-0.2, -0.15) is 0 Å². The molecule has 2 N–H and O–H groups in total. The van der Waals surface area contributed by atoms with Gasteiger partial charge < -0.3 is 10.4 Å². The molecule has 0 fully saturated rings. The van der Waals surface area contributed by atoms with E-state index in [0.717, 1.165) is 21.3 Å². The first-order valence-electron chi connectivity index (χ1n) is 9.56. The number of benzene rings is 3. The fourth-order valence-electron chi connectivity index (χ4n) is 3.72. The Kier molecular flexibility index (Phi) is 5.50. The van der Waals surface area contributed by atoms with Crippen LogP contribution in [0.1, 0.15) is 30.9 Å². The van der Waals surface area contributed by atoms with E-state index < -0.39 is 5.41 Å². The summed E-state index contributed by atoms with van der Waals surface area (Å²) in [5.74, 6) is -0.229. The molecule has 0 bridgehead atoms. The number of anilines is 1. The molecule has 0 radical (unpaired) electrons. The predicted molar refractivity (Wildman–Crippen MR) is 123 cm³/mol. The van der Waals surface area contributed by atoms with E-state index in [1.807, 2.05) is 62.4 Å². The van der Waals surface area contributed by atoms with Crippen molar-refractivity contribution in [2.24, 2.45) is 5.41 Å². The number of hydrogen-bond donors (Lipinski definition) is 2. The van der Waals surface area contributed by atoms with Gasteiger partial charge in [-0.15, -0.1) is 0 Å². The molecule has 0 aliphatic heterocycles. The molecule has 1 aromatic heterocycles. The van der Waals surface area contributed by atoms with Crippen molar-refractivity contribution in [2.45, 2.75) is 19.8 Å². The number of fused-ring (bicyclic) bond motifs is 1. The van der Waals surface area contributed by atoms with Crippen LogP contribution in [0.4, 0.5) is 5.13 Å².